The number of halogens is 1. The van der Waals surface area contributed by atoms with Crippen molar-refractivity contribution in [2.24, 2.45) is 0 Å². The molecule has 0 spiro atoms. The van der Waals surface area contributed by atoms with E-state index in [0.717, 1.165) is 27.4 Å². The minimum Gasteiger partial charge on any atom is -0.364 e. The van der Waals surface area contributed by atoms with E-state index in [1.165, 1.54) is 0 Å². The molecule has 17 heavy (non-hydrogen) atoms. The Morgan fingerprint density at radius 3 is 2.82 bits per heavy atom. The van der Waals surface area contributed by atoms with E-state index in [4.69, 9.17) is 0 Å². The molecule has 0 saturated heterocycles. The third kappa shape index (κ3) is 3.23. The van der Waals surface area contributed by atoms with E-state index >= 15 is 0 Å². The first kappa shape index (κ1) is 12.0. The lowest BCUT2D eigenvalue weighted by atomic mass is 10.3. The molecule has 0 aliphatic heterocycles. The lowest BCUT2D eigenvalue weighted by Crippen LogP contribution is -2.04. The zero-order valence-corrected chi connectivity index (χ0v) is 11.3. The molecule has 0 unspecified atom stereocenters. The monoisotopic (exact) mass is 292 g/mol. The predicted molar refractivity (Wildman–Crippen MR) is 70.8 cm³/mol. The Hall–Kier alpha value is -1.49. The van der Waals surface area contributed by atoms with Gasteiger partial charge in [0.05, 0.1) is 12.2 Å². The fourth-order valence-electron chi connectivity index (χ4n) is 1.42. The van der Waals surface area contributed by atoms with Crippen molar-refractivity contribution in [1.29, 1.82) is 0 Å². The largest absolute Gasteiger partial charge is 0.364 e. The summed E-state index contributed by atoms with van der Waals surface area (Å²) in [6, 6.07) is 3.89. The van der Waals surface area contributed by atoms with Crippen molar-refractivity contribution in [1.82, 2.24) is 15.0 Å². The standard InChI is InChI=1S/C12H13BrN4/c1-8-5-12(16-7-11(8)13)15-6-10-3-4-14-9(2)17-10/h3-5,7H,6H2,1-2H3,(H,15,16). The molecule has 0 fully saturated rings. The van der Waals surface area contributed by atoms with Gasteiger partial charge in [0.25, 0.3) is 0 Å². The van der Waals surface area contributed by atoms with Gasteiger partial charge in [-0.15, -0.1) is 0 Å². The molecule has 2 heterocycles. The third-order valence-electron chi connectivity index (χ3n) is 2.33. The summed E-state index contributed by atoms with van der Waals surface area (Å²) in [5.74, 6) is 1.63. The quantitative estimate of drug-likeness (QED) is 0.945. The van der Waals surface area contributed by atoms with Gasteiger partial charge in [0.15, 0.2) is 0 Å². The Bertz CT molecular complexity index is 528. The van der Waals surface area contributed by atoms with Crippen molar-refractivity contribution in [2.45, 2.75) is 20.4 Å². The van der Waals surface area contributed by atoms with E-state index in [2.05, 4.69) is 36.2 Å². The average Bonchev–Trinajstić information content (AvgIpc) is 2.31. The van der Waals surface area contributed by atoms with Gasteiger partial charge in [-0.3, -0.25) is 0 Å². The van der Waals surface area contributed by atoms with Crippen LogP contribution in [0.15, 0.2) is 29.0 Å². The predicted octanol–water partition coefficient (Wildman–Crippen LogP) is 2.86. The molecule has 2 rings (SSSR count). The molecule has 0 saturated carbocycles. The Morgan fingerprint density at radius 2 is 2.12 bits per heavy atom. The molecule has 0 amide bonds. The van der Waals surface area contributed by atoms with Gasteiger partial charge in [-0.25, -0.2) is 15.0 Å². The van der Waals surface area contributed by atoms with Crippen LogP contribution in [0.4, 0.5) is 5.82 Å². The third-order valence-corrected chi connectivity index (χ3v) is 3.16. The van der Waals surface area contributed by atoms with Gasteiger partial charge < -0.3 is 5.32 Å². The van der Waals surface area contributed by atoms with Crippen LogP contribution in [0.5, 0.6) is 0 Å². The van der Waals surface area contributed by atoms with Crippen LogP contribution in [0.25, 0.3) is 0 Å². The maximum absolute atomic E-state index is 4.32. The van der Waals surface area contributed by atoms with Crippen molar-refractivity contribution in [3.63, 3.8) is 0 Å². The Kier molecular flexibility index (Phi) is 3.68. The van der Waals surface area contributed by atoms with Crippen LogP contribution in [-0.2, 0) is 6.54 Å². The van der Waals surface area contributed by atoms with Crippen LogP contribution < -0.4 is 5.32 Å². The maximum Gasteiger partial charge on any atom is 0.126 e. The zero-order chi connectivity index (χ0) is 12.3. The first-order valence-corrected chi connectivity index (χ1v) is 6.09. The van der Waals surface area contributed by atoms with Gasteiger partial charge in [0, 0.05) is 16.9 Å². The summed E-state index contributed by atoms with van der Waals surface area (Å²) in [6.45, 7) is 4.56. The number of anilines is 1. The van der Waals surface area contributed by atoms with Crippen molar-refractivity contribution in [2.75, 3.05) is 5.32 Å². The average molecular weight is 293 g/mol. The van der Waals surface area contributed by atoms with Crippen LogP contribution >= 0.6 is 15.9 Å². The lowest BCUT2D eigenvalue weighted by molar-refractivity contribution is 0.949. The van der Waals surface area contributed by atoms with Gasteiger partial charge in [-0.2, -0.15) is 0 Å². The number of hydrogen-bond acceptors (Lipinski definition) is 4. The fraction of sp³-hybridized carbons (Fsp3) is 0.250. The molecular weight excluding hydrogens is 280 g/mol. The number of aryl methyl sites for hydroxylation is 2. The number of rotatable bonds is 3. The molecule has 4 nitrogen and oxygen atoms in total. The second kappa shape index (κ2) is 5.23. The van der Waals surface area contributed by atoms with Gasteiger partial charge in [-0.05, 0) is 47.5 Å². The van der Waals surface area contributed by atoms with Crippen LogP contribution in [0.2, 0.25) is 0 Å². The maximum atomic E-state index is 4.32. The van der Waals surface area contributed by atoms with E-state index in [-0.39, 0.29) is 0 Å². The second-order valence-corrected chi connectivity index (χ2v) is 4.62. The van der Waals surface area contributed by atoms with E-state index in [9.17, 15) is 0 Å². The van der Waals surface area contributed by atoms with Gasteiger partial charge in [0.1, 0.15) is 11.6 Å². The molecule has 88 valence electrons. The van der Waals surface area contributed by atoms with E-state index in [1.807, 2.05) is 26.0 Å². The Labute approximate surface area is 109 Å². The lowest BCUT2D eigenvalue weighted by Gasteiger charge is -2.06. The SMILES string of the molecule is Cc1nccc(CNc2cc(C)c(Br)cn2)n1. The molecule has 0 aliphatic rings. The number of pyridine rings is 1. The van der Waals surface area contributed by atoms with Crippen molar-refractivity contribution in [3.8, 4) is 0 Å². The molecule has 2 aromatic rings. The van der Waals surface area contributed by atoms with Crippen molar-refractivity contribution >= 4 is 21.7 Å². The van der Waals surface area contributed by atoms with Gasteiger partial charge in [-0.1, -0.05) is 0 Å². The first-order chi connectivity index (χ1) is 8.15. The summed E-state index contributed by atoms with van der Waals surface area (Å²) in [5, 5.41) is 3.23. The number of nitrogens with one attached hydrogen (secondary N) is 1. The van der Waals surface area contributed by atoms with Gasteiger partial charge >= 0.3 is 0 Å². The highest BCUT2D eigenvalue weighted by atomic mass is 79.9. The van der Waals surface area contributed by atoms with Crippen LogP contribution in [-0.4, -0.2) is 15.0 Å². The van der Waals surface area contributed by atoms with Gasteiger partial charge in [0.2, 0.25) is 0 Å². The van der Waals surface area contributed by atoms with Crippen molar-refractivity contribution < 1.29 is 0 Å². The molecule has 2 aromatic heterocycles. The van der Waals surface area contributed by atoms with Crippen molar-refractivity contribution in [3.05, 3.63) is 46.1 Å². The summed E-state index contributed by atoms with van der Waals surface area (Å²) in [6.07, 6.45) is 3.56. The molecule has 0 bridgehead atoms. The van der Waals surface area contributed by atoms with Crippen LogP contribution in [0.1, 0.15) is 17.1 Å². The van der Waals surface area contributed by atoms with Crippen LogP contribution in [0.3, 0.4) is 0 Å². The minimum atomic E-state index is 0.650. The number of hydrogen-bond donors (Lipinski definition) is 1. The molecular formula is C12H13BrN4. The first-order valence-electron chi connectivity index (χ1n) is 5.29. The highest BCUT2D eigenvalue weighted by molar-refractivity contribution is 9.10. The fourth-order valence-corrected chi connectivity index (χ4v) is 1.64. The smallest absolute Gasteiger partial charge is 0.126 e. The summed E-state index contributed by atoms with van der Waals surface area (Å²) in [4.78, 5) is 12.7. The highest BCUT2D eigenvalue weighted by Gasteiger charge is 2.00. The molecule has 0 aromatic carbocycles. The second-order valence-electron chi connectivity index (χ2n) is 3.77. The molecule has 0 aliphatic carbocycles. The molecule has 5 heteroatoms. The summed E-state index contributed by atoms with van der Waals surface area (Å²) in [7, 11) is 0. The van der Waals surface area contributed by atoms with E-state index in [1.54, 1.807) is 12.4 Å². The van der Waals surface area contributed by atoms with E-state index < -0.39 is 0 Å². The highest BCUT2D eigenvalue weighted by Crippen LogP contribution is 2.17. The molecule has 0 radical (unpaired) electrons. The summed E-state index contributed by atoms with van der Waals surface area (Å²) < 4.78 is 1.01. The number of nitrogens with zero attached hydrogens (tertiary/aromatic N) is 3. The topological polar surface area (TPSA) is 50.7 Å². The van der Waals surface area contributed by atoms with E-state index in [0.29, 0.717) is 6.54 Å². The normalized spacial score (nSPS) is 10.3. The zero-order valence-electron chi connectivity index (χ0n) is 9.74. The Morgan fingerprint density at radius 1 is 1.29 bits per heavy atom. The minimum absolute atomic E-state index is 0.650. The number of aromatic nitrogens is 3. The molecule has 0 atom stereocenters. The molecule has 1 N–H and O–H groups in total. The summed E-state index contributed by atoms with van der Waals surface area (Å²) >= 11 is 3.42. The Balaban J connectivity index is 2.05. The van der Waals surface area contributed by atoms with Crippen LogP contribution in [0, 0.1) is 13.8 Å². The summed E-state index contributed by atoms with van der Waals surface area (Å²) in [5.41, 5.74) is 2.11.